The maximum absolute atomic E-state index is 13.2. The Morgan fingerprint density at radius 3 is 2.61 bits per heavy atom. The molecule has 1 aromatic rings. The average Bonchev–Trinajstić information content (AvgIpc) is 3.08. The standard InChI is InChI=1S/C15H21F3N4O/c16-15(17,18)13-6-2-1-5-12(13)14(23)21-7-3-4-11(8-21)22-10-19-9-20-22/h9-13H,1-8H2/t11-,12+,13-/m0/s1. The van der Waals surface area contributed by atoms with Gasteiger partial charge >= 0.3 is 6.18 Å². The van der Waals surface area contributed by atoms with Gasteiger partial charge in [0.1, 0.15) is 12.7 Å². The van der Waals surface area contributed by atoms with Gasteiger partial charge < -0.3 is 4.90 Å². The van der Waals surface area contributed by atoms with E-state index >= 15 is 0 Å². The van der Waals surface area contributed by atoms with E-state index in [-0.39, 0.29) is 18.4 Å². The van der Waals surface area contributed by atoms with Crippen molar-refractivity contribution in [2.75, 3.05) is 13.1 Å². The molecule has 1 saturated carbocycles. The lowest BCUT2D eigenvalue weighted by molar-refractivity contribution is -0.201. The molecule has 128 valence electrons. The number of hydrogen-bond acceptors (Lipinski definition) is 3. The van der Waals surface area contributed by atoms with Crippen LogP contribution in [-0.4, -0.2) is 44.8 Å². The molecule has 0 radical (unpaired) electrons. The summed E-state index contributed by atoms with van der Waals surface area (Å²) in [5.41, 5.74) is 0. The van der Waals surface area contributed by atoms with Crippen LogP contribution in [0.2, 0.25) is 0 Å². The summed E-state index contributed by atoms with van der Waals surface area (Å²) in [7, 11) is 0. The number of likely N-dealkylation sites (tertiary alicyclic amines) is 1. The fourth-order valence-corrected chi connectivity index (χ4v) is 3.83. The van der Waals surface area contributed by atoms with Gasteiger partial charge in [-0.2, -0.15) is 18.3 Å². The number of rotatable bonds is 2. The molecule has 3 atom stereocenters. The van der Waals surface area contributed by atoms with Crippen molar-refractivity contribution in [1.82, 2.24) is 19.7 Å². The Kier molecular flexibility index (Phi) is 4.59. The van der Waals surface area contributed by atoms with E-state index < -0.39 is 18.0 Å². The first-order chi connectivity index (χ1) is 11.0. The molecule has 3 rings (SSSR count). The van der Waals surface area contributed by atoms with E-state index in [2.05, 4.69) is 10.1 Å². The predicted molar refractivity (Wildman–Crippen MR) is 76.4 cm³/mol. The molecule has 23 heavy (non-hydrogen) atoms. The number of hydrogen-bond donors (Lipinski definition) is 0. The molecule has 1 aromatic heterocycles. The third-order valence-electron chi connectivity index (χ3n) is 5.02. The summed E-state index contributed by atoms with van der Waals surface area (Å²) in [6, 6.07) is 0.00290. The lowest BCUT2D eigenvalue weighted by Gasteiger charge is -2.39. The molecule has 1 aliphatic carbocycles. The smallest absolute Gasteiger partial charge is 0.340 e. The van der Waals surface area contributed by atoms with Gasteiger partial charge in [-0.1, -0.05) is 12.8 Å². The van der Waals surface area contributed by atoms with E-state index in [4.69, 9.17) is 0 Å². The molecule has 5 nitrogen and oxygen atoms in total. The van der Waals surface area contributed by atoms with Crippen molar-refractivity contribution in [3.05, 3.63) is 12.7 Å². The number of amides is 1. The lowest BCUT2D eigenvalue weighted by atomic mass is 9.77. The molecule has 2 aliphatic rings. The fourth-order valence-electron chi connectivity index (χ4n) is 3.83. The van der Waals surface area contributed by atoms with E-state index in [9.17, 15) is 18.0 Å². The van der Waals surface area contributed by atoms with Crippen molar-refractivity contribution in [3.63, 3.8) is 0 Å². The highest BCUT2D eigenvalue weighted by atomic mass is 19.4. The molecule has 1 amide bonds. The minimum atomic E-state index is -4.29. The van der Waals surface area contributed by atoms with Crippen LogP contribution < -0.4 is 0 Å². The zero-order valence-electron chi connectivity index (χ0n) is 12.9. The van der Waals surface area contributed by atoms with Crippen molar-refractivity contribution in [2.24, 2.45) is 11.8 Å². The Bertz CT molecular complexity index is 531. The Morgan fingerprint density at radius 2 is 1.91 bits per heavy atom. The van der Waals surface area contributed by atoms with E-state index in [1.165, 1.54) is 6.33 Å². The second-order valence-electron chi connectivity index (χ2n) is 6.49. The summed E-state index contributed by atoms with van der Waals surface area (Å²) >= 11 is 0. The minimum Gasteiger partial charge on any atom is -0.340 e. The van der Waals surface area contributed by atoms with E-state index in [0.29, 0.717) is 32.4 Å². The second-order valence-corrected chi connectivity index (χ2v) is 6.49. The summed E-state index contributed by atoms with van der Waals surface area (Å²) in [6.45, 7) is 0.953. The fraction of sp³-hybridized carbons (Fsp3) is 0.800. The van der Waals surface area contributed by atoms with Gasteiger partial charge in [0.15, 0.2) is 0 Å². The Morgan fingerprint density at radius 1 is 1.13 bits per heavy atom. The zero-order valence-corrected chi connectivity index (χ0v) is 12.9. The van der Waals surface area contributed by atoms with Crippen LogP contribution in [0.4, 0.5) is 13.2 Å². The van der Waals surface area contributed by atoms with Crippen LogP contribution >= 0.6 is 0 Å². The quantitative estimate of drug-likeness (QED) is 0.838. The first-order valence-corrected chi connectivity index (χ1v) is 8.16. The number of halogens is 3. The van der Waals surface area contributed by atoms with Gasteiger partial charge in [0, 0.05) is 19.0 Å². The number of nitrogens with zero attached hydrogens (tertiary/aromatic N) is 4. The number of piperidine rings is 1. The van der Waals surface area contributed by atoms with Gasteiger partial charge in [-0.3, -0.25) is 4.79 Å². The first-order valence-electron chi connectivity index (χ1n) is 8.16. The van der Waals surface area contributed by atoms with Crippen LogP contribution in [0.15, 0.2) is 12.7 Å². The molecule has 0 spiro atoms. The number of alkyl halides is 3. The molecule has 0 aromatic carbocycles. The molecule has 1 saturated heterocycles. The summed E-state index contributed by atoms with van der Waals surface area (Å²) in [5.74, 6) is -2.74. The summed E-state index contributed by atoms with van der Waals surface area (Å²) in [6.07, 6.45) is 2.04. The first kappa shape index (κ1) is 16.3. The van der Waals surface area contributed by atoms with Crippen LogP contribution in [0.1, 0.15) is 44.6 Å². The van der Waals surface area contributed by atoms with Crippen LogP contribution in [0, 0.1) is 11.8 Å². The highest BCUT2D eigenvalue weighted by Gasteiger charge is 2.49. The molecule has 2 fully saturated rings. The average molecular weight is 330 g/mol. The molecular formula is C15H21F3N4O. The third-order valence-corrected chi connectivity index (χ3v) is 5.02. The molecule has 8 heteroatoms. The Balaban J connectivity index is 1.71. The number of carbonyl (C=O) groups excluding carboxylic acids is 1. The lowest BCUT2D eigenvalue weighted by Crippen LogP contribution is -2.48. The van der Waals surface area contributed by atoms with Crippen molar-refractivity contribution in [2.45, 2.75) is 50.7 Å². The van der Waals surface area contributed by atoms with Crippen molar-refractivity contribution in [1.29, 1.82) is 0 Å². The van der Waals surface area contributed by atoms with Crippen LogP contribution in [0.5, 0.6) is 0 Å². The topological polar surface area (TPSA) is 51.0 Å². The maximum Gasteiger partial charge on any atom is 0.392 e. The number of carbonyl (C=O) groups is 1. The normalized spacial score (nSPS) is 29.5. The van der Waals surface area contributed by atoms with Gasteiger partial charge in [-0.25, -0.2) is 9.67 Å². The molecule has 0 N–H and O–H groups in total. The second kappa shape index (κ2) is 6.49. The SMILES string of the molecule is O=C([C@@H]1CCCC[C@@H]1C(F)(F)F)N1CCC[C@H](n2cncn2)C1. The largest absolute Gasteiger partial charge is 0.392 e. The minimum absolute atomic E-state index is 0.00290. The Hall–Kier alpha value is -1.60. The predicted octanol–water partition coefficient (Wildman–Crippen LogP) is 2.81. The van der Waals surface area contributed by atoms with Crippen LogP contribution in [-0.2, 0) is 4.79 Å². The van der Waals surface area contributed by atoms with Gasteiger partial charge in [0.2, 0.25) is 5.91 Å². The van der Waals surface area contributed by atoms with Crippen molar-refractivity contribution < 1.29 is 18.0 Å². The van der Waals surface area contributed by atoms with E-state index in [0.717, 1.165) is 12.8 Å². The molecule has 0 bridgehead atoms. The highest BCUT2D eigenvalue weighted by Crippen LogP contribution is 2.42. The molecular weight excluding hydrogens is 309 g/mol. The molecule has 1 aliphatic heterocycles. The van der Waals surface area contributed by atoms with Gasteiger partial charge in [0.05, 0.1) is 12.0 Å². The monoisotopic (exact) mass is 330 g/mol. The Labute approximate surface area is 132 Å². The van der Waals surface area contributed by atoms with Crippen LogP contribution in [0.3, 0.4) is 0 Å². The van der Waals surface area contributed by atoms with E-state index in [1.807, 2.05) is 0 Å². The third kappa shape index (κ3) is 3.50. The maximum atomic E-state index is 13.2. The summed E-state index contributed by atoms with van der Waals surface area (Å²) in [4.78, 5) is 18.2. The number of aromatic nitrogens is 3. The molecule has 2 heterocycles. The van der Waals surface area contributed by atoms with Gasteiger partial charge in [-0.05, 0) is 25.7 Å². The van der Waals surface area contributed by atoms with E-state index in [1.54, 1.807) is 15.9 Å². The van der Waals surface area contributed by atoms with Crippen molar-refractivity contribution in [3.8, 4) is 0 Å². The summed E-state index contributed by atoms with van der Waals surface area (Å²) in [5, 5.41) is 4.09. The highest BCUT2D eigenvalue weighted by molar-refractivity contribution is 5.79. The van der Waals surface area contributed by atoms with Gasteiger partial charge in [0.25, 0.3) is 0 Å². The van der Waals surface area contributed by atoms with Crippen molar-refractivity contribution >= 4 is 5.91 Å². The van der Waals surface area contributed by atoms with Crippen LogP contribution in [0.25, 0.3) is 0 Å². The summed E-state index contributed by atoms with van der Waals surface area (Å²) < 4.78 is 41.4. The molecule has 0 unspecified atom stereocenters. The van der Waals surface area contributed by atoms with Gasteiger partial charge in [-0.15, -0.1) is 0 Å². The zero-order chi connectivity index (χ0) is 16.4.